The van der Waals surface area contributed by atoms with Crippen LogP contribution in [0.25, 0.3) is 0 Å². The van der Waals surface area contributed by atoms with Crippen molar-refractivity contribution in [3.8, 4) is 0 Å². The van der Waals surface area contributed by atoms with Crippen molar-refractivity contribution in [1.82, 2.24) is 20.1 Å². The molecule has 1 saturated heterocycles. The quantitative estimate of drug-likeness (QED) is 0.793. The minimum Gasteiger partial charge on any atom is -0.394 e. The van der Waals surface area contributed by atoms with Gasteiger partial charge < -0.3 is 10.0 Å². The number of likely N-dealkylation sites (tertiary alicyclic amines) is 1. The molecule has 0 aromatic carbocycles. The van der Waals surface area contributed by atoms with Crippen LogP contribution in [0.1, 0.15) is 42.6 Å². The monoisotopic (exact) mass is 238 g/mol. The Morgan fingerprint density at radius 3 is 3.18 bits per heavy atom. The lowest BCUT2D eigenvalue weighted by molar-refractivity contribution is 0.0666. The largest absolute Gasteiger partial charge is 0.394 e. The molecule has 1 atom stereocenters. The first-order valence-corrected chi connectivity index (χ1v) is 6.09. The third kappa shape index (κ3) is 2.46. The first kappa shape index (κ1) is 12.0. The van der Waals surface area contributed by atoms with E-state index in [1.54, 1.807) is 4.90 Å². The van der Waals surface area contributed by atoms with Gasteiger partial charge in [0.2, 0.25) is 5.82 Å². The Morgan fingerprint density at radius 2 is 2.47 bits per heavy atom. The molecule has 0 saturated carbocycles. The molecule has 6 nitrogen and oxygen atoms in total. The molecule has 1 aliphatic rings. The molecule has 0 spiro atoms. The van der Waals surface area contributed by atoms with Gasteiger partial charge in [-0.1, -0.05) is 6.92 Å². The van der Waals surface area contributed by atoms with Gasteiger partial charge >= 0.3 is 0 Å². The predicted octanol–water partition coefficient (Wildman–Crippen LogP) is 0.354. The van der Waals surface area contributed by atoms with E-state index in [0.717, 1.165) is 31.5 Å². The topological polar surface area (TPSA) is 82.1 Å². The molecule has 94 valence electrons. The second kappa shape index (κ2) is 5.27. The fourth-order valence-corrected chi connectivity index (χ4v) is 2.16. The van der Waals surface area contributed by atoms with Crippen LogP contribution in [-0.2, 0) is 6.42 Å². The summed E-state index contributed by atoms with van der Waals surface area (Å²) in [6.07, 6.45) is 3.55. The minimum absolute atomic E-state index is 0.0119. The zero-order valence-electron chi connectivity index (χ0n) is 10.0. The van der Waals surface area contributed by atoms with Gasteiger partial charge in [-0.25, -0.2) is 4.98 Å². The van der Waals surface area contributed by atoms with Gasteiger partial charge in [0, 0.05) is 13.0 Å². The van der Waals surface area contributed by atoms with Gasteiger partial charge in [0.15, 0.2) is 0 Å². The van der Waals surface area contributed by atoms with E-state index >= 15 is 0 Å². The van der Waals surface area contributed by atoms with Crippen molar-refractivity contribution in [1.29, 1.82) is 0 Å². The number of amides is 1. The molecular formula is C11H18N4O2. The predicted molar refractivity (Wildman–Crippen MR) is 61.5 cm³/mol. The third-order valence-corrected chi connectivity index (χ3v) is 3.06. The van der Waals surface area contributed by atoms with E-state index in [-0.39, 0.29) is 24.4 Å². The van der Waals surface area contributed by atoms with Crippen LogP contribution in [0.5, 0.6) is 0 Å². The number of aliphatic hydroxyl groups excluding tert-OH is 1. The number of carbonyl (C=O) groups excluding carboxylic acids is 1. The molecule has 6 heteroatoms. The Hall–Kier alpha value is -1.43. The SMILES string of the molecule is CCCc1nc(C(=O)N2CCC[C@@H]2CO)n[nH]1. The summed E-state index contributed by atoms with van der Waals surface area (Å²) in [6, 6.07) is -0.0735. The van der Waals surface area contributed by atoms with Crippen molar-refractivity contribution in [3.63, 3.8) is 0 Å². The Labute approximate surface area is 100 Å². The highest BCUT2D eigenvalue weighted by atomic mass is 16.3. The van der Waals surface area contributed by atoms with Crippen LogP contribution < -0.4 is 0 Å². The molecular weight excluding hydrogens is 220 g/mol. The number of aromatic amines is 1. The maximum atomic E-state index is 12.1. The average Bonchev–Trinajstić information content (AvgIpc) is 2.96. The van der Waals surface area contributed by atoms with Gasteiger partial charge in [0.25, 0.3) is 5.91 Å². The number of aryl methyl sites for hydroxylation is 1. The summed E-state index contributed by atoms with van der Waals surface area (Å²) in [7, 11) is 0. The molecule has 1 aliphatic heterocycles. The van der Waals surface area contributed by atoms with Crippen molar-refractivity contribution in [2.75, 3.05) is 13.2 Å². The minimum atomic E-state index is -0.180. The second-order valence-electron chi connectivity index (χ2n) is 4.33. The summed E-state index contributed by atoms with van der Waals surface area (Å²) in [5, 5.41) is 15.9. The van der Waals surface area contributed by atoms with Gasteiger partial charge in [-0.2, -0.15) is 0 Å². The Morgan fingerprint density at radius 1 is 1.65 bits per heavy atom. The Bertz CT molecular complexity index is 391. The molecule has 1 aromatic rings. The molecule has 0 bridgehead atoms. The lowest BCUT2D eigenvalue weighted by atomic mass is 10.2. The molecule has 1 amide bonds. The smallest absolute Gasteiger partial charge is 0.293 e. The lowest BCUT2D eigenvalue weighted by Crippen LogP contribution is -2.38. The normalized spacial score (nSPS) is 19.9. The van der Waals surface area contributed by atoms with Gasteiger partial charge in [-0.15, -0.1) is 5.10 Å². The maximum Gasteiger partial charge on any atom is 0.293 e. The van der Waals surface area contributed by atoms with E-state index in [0.29, 0.717) is 6.54 Å². The standard InChI is InChI=1S/C11H18N4O2/c1-2-4-9-12-10(14-13-9)11(17)15-6-3-5-8(15)7-16/h8,16H,2-7H2,1H3,(H,12,13,14)/t8-/m1/s1. The summed E-state index contributed by atoms with van der Waals surface area (Å²) in [6.45, 7) is 2.74. The summed E-state index contributed by atoms with van der Waals surface area (Å²) in [4.78, 5) is 17.9. The van der Waals surface area contributed by atoms with E-state index < -0.39 is 0 Å². The van der Waals surface area contributed by atoms with E-state index in [1.165, 1.54) is 0 Å². The van der Waals surface area contributed by atoms with Crippen molar-refractivity contribution in [2.45, 2.75) is 38.6 Å². The summed E-state index contributed by atoms with van der Waals surface area (Å²) < 4.78 is 0. The van der Waals surface area contributed by atoms with Crippen LogP contribution in [0.2, 0.25) is 0 Å². The van der Waals surface area contributed by atoms with Crippen LogP contribution in [-0.4, -0.2) is 50.3 Å². The van der Waals surface area contributed by atoms with E-state index in [2.05, 4.69) is 15.2 Å². The van der Waals surface area contributed by atoms with Gasteiger partial charge in [-0.3, -0.25) is 9.89 Å². The molecule has 0 unspecified atom stereocenters. The van der Waals surface area contributed by atoms with Crippen molar-refractivity contribution >= 4 is 5.91 Å². The Balaban J connectivity index is 2.07. The molecule has 0 aliphatic carbocycles. The van der Waals surface area contributed by atoms with Gasteiger partial charge in [-0.05, 0) is 19.3 Å². The third-order valence-electron chi connectivity index (χ3n) is 3.06. The zero-order chi connectivity index (χ0) is 12.3. The highest BCUT2D eigenvalue weighted by Crippen LogP contribution is 2.18. The molecule has 2 N–H and O–H groups in total. The number of nitrogens with zero attached hydrogens (tertiary/aromatic N) is 3. The number of hydrogen-bond donors (Lipinski definition) is 2. The number of aromatic nitrogens is 3. The van der Waals surface area contributed by atoms with Crippen LogP contribution >= 0.6 is 0 Å². The summed E-state index contributed by atoms with van der Waals surface area (Å²) in [5.41, 5.74) is 0. The average molecular weight is 238 g/mol. The van der Waals surface area contributed by atoms with Crippen LogP contribution in [0.15, 0.2) is 0 Å². The molecule has 1 aromatic heterocycles. The fourth-order valence-electron chi connectivity index (χ4n) is 2.16. The second-order valence-corrected chi connectivity index (χ2v) is 4.33. The Kier molecular flexibility index (Phi) is 3.73. The van der Waals surface area contributed by atoms with Crippen molar-refractivity contribution in [2.24, 2.45) is 0 Å². The van der Waals surface area contributed by atoms with E-state index in [1.807, 2.05) is 6.92 Å². The van der Waals surface area contributed by atoms with E-state index in [4.69, 9.17) is 0 Å². The fraction of sp³-hybridized carbons (Fsp3) is 0.727. The molecule has 2 heterocycles. The molecule has 0 radical (unpaired) electrons. The molecule has 17 heavy (non-hydrogen) atoms. The number of aliphatic hydroxyl groups is 1. The van der Waals surface area contributed by atoms with Gasteiger partial charge in [0.05, 0.1) is 12.6 Å². The number of H-pyrrole nitrogens is 1. The van der Waals surface area contributed by atoms with Crippen LogP contribution in [0.4, 0.5) is 0 Å². The summed E-state index contributed by atoms with van der Waals surface area (Å²) in [5.74, 6) is 0.782. The highest BCUT2D eigenvalue weighted by Gasteiger charge is 2.30. The number of rotatable bonds is 4. The number of nitrogens with one attached hydrogen (secondary N) is 1. The van der Waals surface area contributed by atoms with E-state index in [9.17, 15) is 9.90 Å². The van der Waals surface area contributed by atoms with Gasteiger partial charge in [0.1, 0.15) is 5.82 Å². The van der Waals surface area contributed by atoms with Crippen LogP contribution in [0, 0.1) is 0 Å². The number of carbonyl (C=O) groups is 1. The zero-order valence-corrected chi connectivity index (χ0v) is 10.0. The highest BCUT2D eigenvalue weighted by molar-refractivity contribution is 5.90. The first-order valence-electron chi connectivity index (χ1n) is 6.09. The van der Waals surface area contributed by atoms with Crippen LogP contribution in [0.3, 0.4) is 0 Å². The number of hydrogen-bond acceptors (Lipinski definition) is 4. The lowest BCUT2D eigenvalue weighted by Gasteiger charge is -2.21. The maximum absolute atomic E-state index is 12.1. The molecule has 2 rings (SSSR count). The summed E-state index contributed by atoms with van der Waals surface area (Å²) >= 11 is 0. The van der Waals surface area contributed by atoms with Crippen molar-refractivity contribution in [3.05, 3.63) is 11.6 Å². The van der Waals surface area contributed by atoms with Crippen molar-refractivity contribution < 1.29 is 9.90 Å². The molecule has 1 fully saturated rings. The first-order chi connectivity index (χ1) is 8.26.